The first-order chi connectivity index (χ1) is 14.6. The molecule has 1 aromatic heterocycles. The number of carbonyl (C=O) groups is 1. The van der Waals surface area contributed by atoms with Crippen molar-refractivity contribution in [3.63, 3.8) is 0 Å². The Balaban J connectivity index is 1.57. The van der Waals surface area contributed by atoms with Gasteiger partial charge < -0.3 is 5.73 Å². The van der Waals surface area contributed by atoms with Gasteiger partial charge in [0, 0.05) is 12.0 Å². The van der Waals surface area contributed by atoms with Crippen molar-refractivity contribution < 1.29 is 4.79 Å². The van der Waals surface area contributed by atoms with Gasteiger partial charge in [-0.3, -0.25) is 9.89 Å². The van der Waals surface area contributed by atoms with Crippen LogP contribution in [0.4, 0.5) is 5.82 Å². The summed E-state index contributed by atoms with van der Waals surface area (Å²) in [4.78, 5) is 13.1. The lowest BCUT2D eigenvalue weighted by molar-refractivity contribution is 0.0994. The van der Waals surface area contributed by atoms with Crippen molar-refractivity contribution in [3.8, 4) is 11.1 Å². The number of rotatable bonds is 4. The molecule has 0 aliphatic carbocycles. The molecule has 4 heteroatoms. The predicted molar refractivity (Wildman–Crippen MR) is 123 cm³/mol. The van der Waals surface area contributed by atoms with E-state index >= 15 is 0 Å². The molecule has 0 saturated carbocycles. The van der Waals surface area contributed by atoms with E-state index in [1.54, 1.807) is 0 Å². The van der Waals surface area contributed by atoms with Gasteiger partial charge in [0.2, 0.25) is 0 Å². The van der Waals surface area contributed by atoms with Crippen LogP contribution < -0.4 is 5.73 Å². The zero-order valence-corrected chi connectivity index (χ0v) is 16.6. The van der Waals surface area contributed by atoms with E-state index in [4.69, 9.17) is 5.73 Å². The Morgan fingerprint density at radius 2 is 1.80 bits per heavy atom. The molecule has 146 valence electrons. The highest BCUT2D eigenvalue weighted by Gasteiger charge is 2.14. The van der Waals surface area contributed by atoms with Gasteiger partial charge in [-0.2, -0.15) is 5.10 Å². The van der Waals surface area contributed by atoms with E-state index in [-0.39, 0.29) is 5.78 Å². The van der Waals surface area contributed by atoms with Crippen LogP contribution in [0, 0.1) is 6.92 Å². The third-order valence-electron chi connectivity index (χ3n) is 5.56. The Morgan fingerprint density at radius 1 is 0.967 bits per heavy atom. The number of aryl methyl sites for hydroxylation is 1. The predicted octanol–water partition coefficient (Wildman–Crippen LogP) is 5.70. The molecule has 5 rings (SSSR count). The number of nitrogens with zero attached hydrogens (tertiary/aromatic N) is 1. The fourth-order valence-electron chi connectivity index (χ4n) is 4.14. The molecule has 0 saturated heterocycles. The Labute approximate surface area is 174 Å². The second-order valence-electron chi connectivity index (χ2n) is 7.67. The zero-order valence-electron chi connectivity index (χ0n) is 16.6. The number of nitrogens with one attached hydrogen (secondary N) is 1. The van der Waals surface area contributed by atoms with Crippen molar-refractivity contribution in [1.82, 2.24) is 10.2 Å². The highest BCUT2D eigenvalue weighted by molar-refractivity contribution is 6.10. The molecule has 4 nitrogen and oxygen atoms in total. The van der Waals surface area contributed by atoms with Crippen LogP contribution >= 0.6 is 0 Å². The van der Waals surface area contributed by atoms with Gasteiger partial charge in [0.15, 0.2) is 11.6 Å². The van der Waals surface area contributed by atoms with Crippen molar-refractivity contribution in [2.45, 2.75) is 13.3 Å². The zero-order chi connectivity index (χ0) is 20.7. The average molecular weight is 391 g/mol. The number of anilines is 1. The van der Waals surface area contributed by atoms with Gasteiger partial charge in [-0.15, -0.1) is 0 Å². The van der Waals surface area contributed by atoms with Crippen LogP contribution in [0.3, 0.4) is 0 Å². The number of benzene rings is 4. The molecule has 5 aromatic rings. The summed E-state index contributed by atoms with van der Waals surface area (Å²) in [6.45, 7) is 2.04. The van der Waals surface area contributed by atoms with Crippen molar-refractivity contribution in [3.05, 3.63) is 95.6 Å². The summed E-state index contributed by atoms with van der Waals surface area (Å²) in [6.07, 6.45) is 0.396. The largest absolute Gasteiger partial charge is 0.382 e. The van der Waals surface area contributed by atoms with Crippen molar-refractivity contribution in [2.24, 2.45) is 0 Å². The number of aromatic nitrogens is 2. The van der Waals surface area contributed by atoms with Crippen LogP contribution in [0.5, 0.6) is 0 Å². The number of nitrogen functional groups attached to an aromatic ring is 1. The van der Waals surface area contributed by atoms with Gasteiger partial charge in [0.1, 0.15) is 0 Å². The molecule has 0 bridgehead atoms. The van der Waals surface area contributed by atoms with Crippen molar-refractivity contribution in [2.75, 3.05) is 5.73 Å². The maximum Gasteiger partial charge on any atom is 0.167 e. The summed E-state index contributed by atoms with van der Waals surface area (Å²) in [5.74, 6) is 0.614. The minimum atomic E-state index is 0.125. The molecule has 0 radical (unpaired) electrons. The smallest absolute Gasteiger partial charge is 0.167 e. The molecular formula is C26H21N3O. The van der Waals surface area contributed by atoms with E-state index in [9.17, 15) is 4.79 Å². The lowest BCUT2D eigenvalue weighted by atomic mass is 9.93. The normalized spacial score (nSPS) is 11.2. The number of aromatic amines is 1. The van der Waals surface area contributed by atoms with Crippen molar-refractivity contribution >= 4 is 33.3 Å². The van der Waals surface area contributed by atoms with Crippen molar-refractivity contribution in [1.29, 1.82) is 0 Å². The summed E-state index contributed by atoms with van der Waals surface area (Å²) in [6, 6.07) is 26.2. The second-order valence-corrected chi connectivity index (χ2v) is 7.67. The first-order valence-corrected chi connectivity index (χ1v) is 9.94. The number of ketones is 1. The monoisotopic (exact) mass is 391 g/mol. The van der Waals surface area contributed by atoms with Crippen LogP contribution in [-0.2, 0) is 6.42 Å². The molecule has 4 aromatic carbocycles. The Bertz CT molecular complexity index is 1410. The summed E-state index contributed by atoms with van der Waals surface area (Å²) >= 11 is 0. The Hall–Kier alpha value is -3.92. The number of hydrogen-bond acceptors (Lipinski definition) is 3. The van der Waals surface area contributed by atoms with Crippen LogP contribution in [0.2, 0.25) is 0 Å². The standard InChI is InChI=1S/C26H21N3O/c1-16-5-2-6-17(13-16)14-24(30)22-9-3-7-18-15-19(11-12-20(18)22)21-8-4-10-23-25(21)26(27)29-28-23/h2-13,15H,14H2,1H3,(H3,27,28,29). The number of hydrogen-bond donors (Lipinski definition) is 2. The van der Waals surface area contributed by atoms with E-state index in [0.717, 1.165) is 49.5 Å². The topological polar surface area (TPSA) is 71.8 Å². The van der Waals surface area contributed by atoms with Gasteiger partial charge in [-0.1, -0.05) is 72.3 Å². The third kappa shape index (κ3) is 3.12. The number of H-pyrrole nitrogens is 1. The number of Topliss-reactive ketones (excluding diaryl/α,β-unsaturated/α-hetero) is 1. The van der Waals surface area contributed by atoms with E-state index in [0.29, 0.717) is 12.2 Å². The van der Waals surface area contributed by atoms with Gasteiger partial charge in [-0.25, -0.2) is 0 Å². The van der Waals surface area contributed by atoms with E-state index in [1.165, 1.54) is 0 Å². The van der Waals surface area contributed by atoms with E-state index in [2.05, 4.69) is 22.3 Å². The summed E-state index contributed by atoms with van der Waals surface area (Å²) in [5, 5.41) is 10.0. The number of carbonyl (C=O) groups excluding carboxylic acids is 1. The third-order valence-corrected chi connectivity index (χ3v) is 5.56. The van der Waals surface area contributed by atoms with E-state index in [1.807, 2.05) is 73.7 Å². The molecule has 0 spiro atoms. The molecular weight excluding hydrogens is 370 g/mol. The minimum Gasteiger partial charge on any atom is -0.382 e. The summed E-state index contributed by atoms with van der Waals surface area (Å²) < 4.78 is 0. The molecule has 0 aliphatic rings. The molecule has 0 atom stereocenters. The SMILES string of the molecule is Cc1cccc(CC(=O)c2cccc3cc(-c4cccc5[nH]nc(N)c45)ccc23)c1. The van der Waals surface area contributed by atoms with Gasteiger partial charge >= 0.3 is 0 Å². The molecule has 0 unspecified atom stereocenters. The molecule has 0 fully saturated rings. The van der Waals surface area contributed by atoms with Crippen LogP contribution in [-0.4, -0.2) is 16.0 Å². The molecule has 3 N–H and O–H groups in total. The number of fused-ring (bicyclic) bond motifs is 2. The summed E-state index contributed by atoms with van der Waals surface area (Å²) in [7, 11) is 0. The fourth-order valence-corrected chi connectivity index (χ4v) is 4.14. The lowest BCUT2D eigenvalue weighted by Crippen LogP contribution is -2.04. The van der Waals surface area contributed by atoms with E-state index < -0.39 is 0 Å². The minimum absolute atomic E-state index is 0.125. The van der Waals surface area contributed by atoms with Gasteiger partial charge in [-0.05, 0) is 46.5 Å². The fraction of sp³-hybridized carbons (Fsp3) is 0.0769. The second kappa shape index (κ2) is 7.16. The Kier molecular flexibility index (Phi) is 4.32. The Morgan fingerprint density at radius 3 is 2.67 bits per heavy atom. The molecule has 1 heterocycles. The molecule has 0 amide bonds. The van der Waals surface area contributed by atoms with Crippen LogP contribution in [0.1, 0.15) is 21.5 Å². The maximum absolute atomic E-state index is 13.1. The van der Waals surface area contributed by atoms with Crippen LogP contribution in [0.15, 0.2) is 78.9 Å². The summed E-state index contributed by atoms with van der Waals surface area (Å²) in [5.41, 5.74) is 12.0. The quantitative estimate of drug-likeness (QED) is 0.386. The van der Waals surface area contributed by atoms with Gasteiger partial charge in [0.25, 0.3) is 0 Å². The number of nitrogens with two attached hydrogens (primary N) is 1. The molecule has 0 aliphatic heterocycles. The first kappa shape index (κ1) is 18.1. The van der Waals surface area contributed by atoms with Gasteiger partial charge in [0.05, 0.1) is 10.9 Å². The lowest BCUT2D eigenvalue weighted by Gasteiger charge is -2.10. The highest BCUT2D eigenvalue weighted by atomic mass is 16.1. The highest BCUT2D eigenvalue weighted by Crippen LogP contribution is 2.33. The van der Waals surface area contributed by atoms with Crippen LogP contribution in [0.25, 0.3) is 32.8 Å². The first-order valence-electron chi connectivity index (χ1n) is 9.94. The average Bonchev–Trinajstić information content (AvgIpc) is 3.14. The molecule has 30 heavy (non-hydrogen) atoms. The maximum atomic E-state index is 13.1.